The molecule has 1 aromatic carbocycles. The minimum absolute atomic E-state index is 0. The molecule has 0 bridgehead atoms. The highest BCUT2D eigenvalue weighted by Gasteiger charge is 2.09. The van der Waals surface area contributed by atoms with Crippen LogP contribution in [-0.4, -0.2) is 6.54 Å². The van der Waals surface area contributed by atoms with Crippen LogP contribution in [0.3, 0.4) is 0 Å². The van der Waals surface area contributed by atoms with Crippen molar-refractivity contribution in [2.75, 3.05) is 6.54 Å². The van der Waals surface area contributed by atoms with Crippen LogP contribution in [0.25, 0.3) is 0 Å². The second-order valence-electron chi connectivity index (χ2n) is 3.14. The van der Waals surface area contributed by atoms with Crippen molar-refractivity contribution in [3.05, 3.63) is 35.1 Å². The van der Waals surface area contributed by atoms with Gasteiger partial charge in [-0.25, -0.2) is 4.39 Å². The molecule has 2 nitrogen and oxygen atoms in total. The lowest BCUT2D eigenvalue weighted by Crippen LogP contribution is -2.16. The zero-order chi connectivity index (χ0) is 9.84. The normalized spacial score (nSPS) is 12.0. The first-order valence-electron chi connectivity index (χ1n) is 4.37. The molecule has 0 aliphatic carbocycles. The zero-order valence-electron chi connectivity index (χ0n) is 8.16. The minimum atomic E-state index is -0.204. The molecule has 1 rings (SSSR count). The highest BCUT2D eigenvalue weighted by Crippen LogP contribution is 2.19. The minimum Gasteiger partial charge on any atom is -0.330 e. The first-order chi connectivity index (χ1) is 6.16. The third-order valence-corrected chi connectivity index (χ3v) is 2.19. The summed E-state index contributed by atoms with van der Waals surface area (Å²) in [4.78, 5) is 0. The Morgan fingerprint density at radius 3 is 2.64 bits per heavy atom. The van der Waals surface area contributed by atoms with E-state index >= 15 is 0 Å². The van der Waals surface area contributed by atoms with Gasteiger partial charge in [0.15, 0.2) is 0 Å². The third-order valence-electron chi connectivity index (χ3n) is 2.19. The molecule has 0 amide bonds. The van der Waals surface area contributed by atoms with Gasteiger partial charge in [-0.1, -0.05) is 12.1 Å². The van der Waals surface area contributed by atoms with E-state index < -0.39 is 0 Å². The largest absolute Gasteiger partial charge is 0.330 e. The van der Waals surface area contributed by atoms with Gasteiger partial charge in [0, 0.05) is 6.04 Å². The van der Waals surface area contributed by atoms with Crippen LogP contribution in [0.1, 0.15) is 23.6 Å². The summed E-state index contributed by atoms with van der Waals surface area (Å²) in [5.74, 6) is -0.204. The van der Waals surface area contributed by atoms with E-state index in [1.54, 1.807) is 13.0 Å². The maximum atomic E-state index is 13.1. The fraction of sp³-hybridized carbons (Fsp3) is 0.400. The molecule has 0 saturated carbocycles. The fourth-order valence-electron chi connectivity index (χ4n) is 1.36. The van der Waals surface area contributed by atoms with Crippen LogP contribution >= 0.6 is 12.4 Å². The van der Waals surface area contributed by atoms with Crippen LogP contribution in [0.4, 0.5) is 4.39 Å². The topological polar surface area (TPSA) is 52.0 Å². The van der Waals surface area contributed by atoms with Crippen LogP contribution in [-0.2, 0) is 0 Å². The summed E-state index contributed by atoms with van der Waals surface area (Å²) < 4.78 is 13.1. The molecule has 80 valence electrons. The van der Waals surface area contributed by atoms with Crippen molar-refractivity contribution in [3.8, 4) is 0 Å². The molecular formula is C10H16ClFN2. The van der Waals surface area contributed by atoms with E-state index in [1.165, 1.54) is 6.07 Å². The maximum Gasteiger partial charge on any atom is 0.126 e. The Bertz CT molecular complexity index is 291. The average molecular weight is 219 g/mol. The highest BCUT2D eigenvalue weighted by molar-refractivity contribution is 5.85. The third kappa shape index (κ3) is 2.94. The lowest BCUT2D eigenvalue weighted by Gasteiger charge is -2.13. The fourth-order valence-corrected chi connectivity index (χ4v) is 1.36. The summed E-state index contributed by atoms with van der Waals surface area (Å²) in [5, 5.41) is 0. The molecule has 14 heavy (non-hydrogen) atoms. The molecule has 0 radical (unpaired) electrons. The van der Waals surface area contributed by atoms with Crippen molar-refractivity contribution < 1.29 is 4.39 Å². The first-order valence-corrected chi connectivity index (χ1v) is 4.37. The van der Waals surface area contributed by atoms with E-state index in [0.717, 1.165) is 5.56 Å². The zero-order valence-corrected chi connectivity index (χ0v) is 8.98. The molecule has 0 fully saturated rings. The van der Waals surface area contributed by atoms with Gasteiger partial charge in [-0.15, -0.1) is 12.4 Å². The Morgan fingerprint density at radius 2 is 2.07 bits per heavy atom. The van der Waals surface area contributed by atoms with Gasteiger partial charge in [-0.05, 0) is 37.1 Å². The predicted octanol–water partition coefficient (Wildman–Crippen LogP) is 1.90. The van der Waals surface area contributed by atoms with Gasteiger partial charge in [0.05, 0.1) is 0 Å². The molecule has 0 aliphatic rings. The lowest BCUT2D eigenvalue weighted by molar-refractivity contribution is 0.600. The van der Waals surface area contributed by atoms with Gasteiger partial charge in [-0.2, -0.15) is 0 Å². The SMILES string of the molecule is Cc1c(F)cccc1[C@H](N)CCN.Cl. The molecule has 0 spiro atoms. The van der Waals surface area contributed by atoms with Crippen molar-refractivity contribution in [1.82, 2.24) is 0 Å². The van der Waals surface area contributed by atoms with Crippen molar-refractivity contribution in [2.24, 2.45) is 11.5 Å². The van der Waals surface area contributed by atoms with Crippen LogP contribution in [0.5, 0.6) is 0 Å². The molecule has 0 unspecified atom stereocenters. The molecule has 0 heterocycles. The lowest BCUT2D eigenvalue weighted by atomic mass is 9.99. The molecule has 1 atom stereocenters. The van der Waals surface area contributed by atoms with Gasteiger partial charge < -0.3 is 11.5 Å². The number of rotatable bonds is 3. The van der Waals surface area contributed by atoms with Crippen LogP contribution < -0.4 is 11.5 Å². The Morgan fingerprint density at radius 1 is 1.43 bits per heavy atom. The average Bonchev–Trinajstić information content (AvgIpc) is 2.10. The van der Waals surface area contributed by atoms with Gasteiger partial charge in [0.25, 0.3) is 0 Å². The predicted molar refractivity (Wildman–Crippen MR) is 59.0 cm³/mol. The summed E-state index contributed by atoms with van der Waals surface area (Å²) >= 11 is 0. The first kappa shape index (κ1) is 13.4. The second-order valence-corrected chi connectivity index (χ2v) is 3.14. The van der Waals surface area contributed by atoms with E-state index in [-0.39, 0.29) is 24.3 Å². The molecule has 4 heteroatoms. The Hall–Kier alpha value is -0.640. The number of nitrogens with two attached hydrogens (primary N) is 2. The smallest absolute Gasteiger partial charge is 0.126 e. The van der Waals surface area contributed by atoms with E-state index in [2.05, 4.69) is 0 Å². The Balaban J connectivity index is 0.00000169. The molecule has 0 saturated heterocycles. The molecule has 4 N–H and O–H groups in total. The Labute approximate surface area is 89.9 Å². The monoisotopic (exact) mass is 218 g/mol. The number of benzene rings is 1. The van der Waals surface area contributed by atoms with Gasteiger partial charge >= 0.3 is 0 Å². The second kappa shape index (κ2) is 5.96. The number of halogens is 2. The standard InChI is InChI=1S/C10H15FN2.ClH/c1-7-8(10(13)5-6-12)3-2-4-9(7)11;/h2-4,10H,5-6,12-13H2,1H3;1H/t10-;/m1./s1. The van der Waals surface area contributed by atoms with Gasteiger partial charge in [0.1, 0.15) is 5.82 Å². The van der Waals surface area contributed by atoms with Crippen LogP contribution in [0, 0.1) is 12.7 Å². The Kier molecular flexibility index (Phi) is 5.69. The van der Waals surface area contributed by atoms with Crippen LogP contribution in [0.15, 0.2) is 18.2 Å². The van der Waals surface area contributed by atoms with Crippen molar-refractivity contribution >= 4 is 12.4 Å². The molecular weight excluding hydrogens is 203 g/mol. The van der Waals surface area contributed by atoms with E-state index in [0.29, 0.717) is 18.5 Å². The summed E-state index contributed by atoms with van der Waals surface area (Å²) in [7, 11) is 0. The molecule has 1 aromatic rings. The summed E-state index contributed by atoms with van der Waals surface area (Å²) in [6.45, 7) is 2.26. The van der Waals surface area contributed by atoms with Crippen molar-refractivity contribution in [1.29, 1.82) is 0 Å². The summed E-state index contributed by atoms with van der Waals surface area (Å²) in [5.41, 5.74) is 12.7. The number of hydrogen-bond donors (Lipinski definition) is 2. The maximum absolute atomic E-state index is 13.1. The molecule has 0 aromatic heterocycles. The highest BCUT2D eigenvalue weighted by atomic mass is 35.5. The van der Waals surface area contributed by atoms with E-state index in [9.17, 15) is 4.39 Å². The van der Waals surface area contributed by atoms with Crippen molar-refractivity contribution in [3.63, 3.8) is 0 Å². The molecule has 0 aliphatic heterocycles. The summed E-state index contributed by atoms with van der Waals surface area (Å²) in [6, 6.07) is 4.81. The van der Waals surface area contributed by atoms with E-state index in [4.69, 9.17) is 11.5 Å². The number of hydrogen-bond acceptors (Lipinski definition) is 2. The van der Waals surface area contributed by atoms with Gasteiger partial charge in [-0.3, -0.25) is 0 Å². The van der Waals surface area contributed by atoms with Crippen molar-refractivity contribution in [2.45, 2.75) is 19.4 Å². The van der Waals surface area contributed by atoms with Crippen LogP contribution in [0.2, 0.25) is 0 Å². The quantitative estimate of drug-likeness (QED) is 0.814. The summed E-state index contributed by atoms with van der Waals surface area (Å²) in [6.07, 6.45) is 0.685. The van der Waals surface area contributed by atoms with Gasteiger partial charge in [0.2, 0.25) is 0 Å². The van der Waals surface area contributed by atoms with E-state index in [1.807, 2.05) is 6.07 Å².